The van der Waals surface area contributed by atoms with E-state index in [4.69, 9.17) is 18.9 Å². The van der Waals surface area contributed by atoms with Gasteiger partial charge in [0.05, 0.1) is 44.2 Å². The van der Waals surface area contributed by atoms with E-state index < -0.39 is 31.0 Å². The van der Waals surface area contributed by atoms with Crippen LogP contribution < -0.4 is 4.74 Å². The first-order chi connectivity index (χ1) is 21.9. The van der Waals surface area contributed by atoms with Crippen molar-refractivity contribution in [3.05, 3.63) is 29.8 Å². The molecule has 1 heterocycles. The fraction of sp³-hybridized carbons (Fsp3) is 0.800. The van der Waals surface area contributed by atoms with E-state index in [0.29, 0.717) is 25.2 Å². The third kappa shape index (κ3) is 16.2. The van der Waals surface area contributed by atoms with E-state index in [1.54, 1.807) is 24.3 Å². The van der Waals surface area contributed by atoms with Crippen LogP contribution in [-0.2, 0) is 25.6 Å². The molecule has 0 bridgehead atoms. The molecule has 0 spiro atoms. The average Bonchev–Trinajstić information content (AvgIpc) is 3.50. The summed E-state index contributed by atoms with van der Waals surface area (Å²) in [6.45, 7) is 3.91. The summed E-state index contributed by atoms with van der Waals surface area (Å²) in [6.07, 6.45) is 7.12. The number of hydrogen-bond acceptors (Lipinski definition) is 6. The monoisotopic (exact) mass is 666 g/mol. The average molecular weight is 667 g/mol. The van der Waals surface area contributed by atoms with Gasteiger partial charge < -0.3 is 24.1 Å². The summed E-state index contributed by atoms with van der Waals surface area (Å²) in [5.74, 6) is -4.69. The van der Waals surface area contributed by atoms with Gasteiger partial charge in [-0.15, -0.1) is 0 Å². The lowest BCUT2D eigenvalue weighted by atomic mass is 10.0. The zero-order valence-corrected chi connectivity index (χ0v) is 27.6. The molecule has 6 nitrogen and oxygen atoms in total. The van der Waals surface area contributed by atoms with E-state index in [9.17, 15) is 31.9 Å². The van der Waals surface area contributed by atoms with E-state index in [-0.39, 0.29) is 37.5 Å². The number of aliphatic hydroxyl groups excluding tert-OH is 1. The molecule has 2 unspecified atom stereocenters. The minimum Gasteiger partial charge on any atom is -0.494 e. The predicted molar refractivity (Wildman–Crippen MR) is 167 cm³/mol. The maximum Gasteiger partial charge on any atom is 0.453 e. The molecule has 1 saturated heterocycles. The highest BCUT2D eigenvalue weighted by Crippen LogP contribution is 2.38. The highest BCUT2D eigenvalue weighted by Gasteiger charge is 2.56. The number of benzene rings is 1. The van der Waals surface area contributed by atoms with Gasteiger partial charge in [0.25, 0.3) is 0 Å². The van der Waals surface area contributed by atoms with Crippen molar-refractivity contribution in [3.8, 4) is 5.75 Å². The quantitative estimate of drug-likeness (QED) is 0.0637. The van der Waals surface area contributed by atoms with Crippen molar-refractivity contribution in [2.24, 2.45) is 0 Å². The van der Waals surface area contributed by atoms with Gasteiger partial charge in [-0.2, -0.15) is 22.0 Å². The molecule has 266 valence electrons. The summed E-state index contributed by atoms with van der Waals surface area (Å²) >= 11 is 0. The third-order valence-corrected chi connectivity index (χ3v) is 8.43. The van der Waals surface area contributed by atoms with Crippen LogP contribution in [0.25, 0.3) is 0 Å². The second-order valence-corrected chi connectivity index (χ2v) is 12.5. The van der Waals surface area contributed by atoms with Crippen LogP contribution in [-0.4, -0.2) is 60.8 Å². The molecule has 1 N–H and O–H groups in total. The van der Waals surface area contributed by atoms with E-state index in [2.05, 4.69) is 6.92 Å². The lowest BCUT2D eigenvalue weighted by Crippen LogP contribution is -2.36. The van der Waals surface area contributed by atoms with Gasteiger partial charge in [0, 0.05) is 13.3 Å². The maximum atomic E-state index is 13.1. The highest BCUT2D eigenvalue weighted by molar-refractivity contribution is 5.65. The standard InChI is InChI=1S/C35H55F5O6/c1-3-4-5-6-7-8-9-10-11-12-16-32(33-22-21-31(46-33)30(42)15-13-24-43-27(2)41)45-26-28-17-19-29(20-18-28)44-25-14-23-34(36,37)35(38,39)40/h17-20,30-33,42H,3-16,21-26H2,1-2H3/t30-,31+,32?,33?/m1/s1. The van der Waals surface area contributed by atoms with Crippen LogP contribution in [0.15, 0.2) is 24.3 Å². The van der Waals surface area contributed by atoms with Gasteiger partial charge in [0.15, 0.2) is 0 Å². The molecular formula is C35H55F5O6. The summed E-state index contributed by atoms with van der Waals surface area (Å²) in [7, 11) is 0. The van der Waals surface area contributed by atoms with Crippen LogP contribution >= 0.6 is 0 Å². The zero-order valence-electron chi connectivity index (χ0n) is 27.6. The molecule has 1 aromatic rings. The van der Waals surface area contributed by atoms with Gasteiger partial charge in [0.1, 0.15) is 5.75 Å². The van der Waals surface area contributed by atoms with Gasteiger partial charge in [-0.05, 0) is 56.2 Å². The molecule has 0 amide bonds. The zero-order chi connectivity index (χ0) is 33.8. The minimum absolute atomic E-state index is 0.149. The van der Waals surface area contributed by atoms with E-state index in [1.165, 1.54) is 58.3 Å². The molecule has 1 aliphatic rings. The van der Waals surface area contributed by atoms with Crippen LogP contribution in [0, 0.1) is 0 Å². The van der Waals surface area contributed by atoms with Gasteiger partial charge in [-0.1, -0.05) is 83.3 Å². The fourth-order valence-electron chi connectivity index (χ4n) is 5.66. The molecular weight excluding hydrogens is 611 g/mol. The molecule has 0 aliphatic carbocycles. The normalized spacial score (nSPS) is 18.4. The van der Waals surface area contributed by atoms with Gasteiger partial charge >= 0.3 is 18.1 Å². The first-order valence-electron chi connectivity index (χ1n) is 17.2. The second kappa shape index (κ2) is 21.8. The van der Waals surface area contributed by atoms with E-state index in [0.717, 1.165) is 37.7 Å². The number of carbonyl (C=O) groups is 1. The summed E-state index contributed by atoms with van der Waals surface area (Å²) in [4.78, 5) is 11.0. The maximum absolute atomic E-state index is 13.1. The molecule has 4 atom stereocenters. The smallest absolute Gasteiger partial charge is 0.453 e. The Morgan fingerprint density at radius 1 is 0.848 bits per heavy atom. The van der Waals surface area contributed by atoms with Gasteiger partial charge in [0.2, 0.25) is 0 Å². The Morgan fingerprint density at radius 3 is 2.07 bits per heavy atom. The molecule has 0 aromatic heterocycles. The number of rotatable bonds is 25. The Bertz CT molecular complexity index is 942. The van der Waals surface area contributed by atoms with Gasteiger partial charge in [-0.3, -0.25) is 4.79 Å². The molecule has 46 heavy (non-hydrogen) atoms. The van der Waals surface area contributed by atoms with Crippen molar-refractivity contribution in [1.82, 2.24) is 0 Å². The lowest BCUT2D eigenvalue weighted by molar-refractivity contribution is -0.284. The molecule has 0 saturated carbocycles. The molecule has 1 fully saturated rings. The summed E-state index contributed by atoms with van der Waals surface area (Å²) in [5, 5.41) is 10.7. The minimum atomic E-state index is -5.56. The number of hydrogen-bond donors (Lipinski definition) is 1. The largest absolute Gasteiger partial charge is 0.494 e. The van der Waals surface area contributed by atoms with Crippen LogP contribution in [0.5, 0.6) is 5.75 Å². The summed E-state index contributed by atoms with van der Waals surface area (Å²) in [6, 6.07) is 6.85. The Hall–Kier alpha value is -1.98. The van der Waals surface area contributed by atoms with E-state index in [1.807, 2.05) is 0 Å². The number of halogens is 5. The van der Waals surface area contributed by atoms with Crippen molar-refractivity contribution >= 4 is 5.97 Å². The van der Waals surface area contributed by atoms with Crippen molar-refractivity contribution < 1.29 is 50.8 Å². The molecule has 1 aliphatic heterocycles. The summed E-state index contributed by atoms with van der Waals surface area (Å²) < 4.78 is 86.1. The molecule has 1 aromatic carbocycles. The first-order valence-corrected chi connectivity index (χ1v) is 17.2. The van der Waals surface area contributed by atoms with Crippen LogP contribution in [0.3, 0.4) is 0 Å². The second-order valence-electron chi connectivity index (χ2n) is 12.5. The van der Waals surface area contributed by atoms with Crippen LogP contribution in [0.2, 0.25) is 0 Å². The predicted octanol–water partition coefficient (Wildman–Crippen LogP) is 9.49. The molecule has 2 rings (SSSR count). The van der Waals surface area contributed by atoms with Crippen molar-refractivity contribution in [2.75, 3.05) is 13.2 Å². The van der Waals surface area contributed by atoms with Crippen LogP contribution in [0.1, 0.15) is 129 Å². The SMILES string of the molecule is CCCCCCCCCCCCC(OCc1ccc(OCCCC(F)(F)C(F)(F)F)cc1)C1CC[C@@H]([C@H](O)CCCOC(C)=O)O1. The lowest BCUT2D eigenvalue weighted by Gasteiger charge is -2.26. The van der Waals surface area contributed by atoms with Gasteiger partial charge in [-0.25, -0.2) is 0 Å². The number of alkyl halides is 5. The summed E-state index contributed by atoms with van der Waals surface area (Å²) in [5.41, 5.74) is 0.865. The molecule has 11 heteroatoms. The Balaban J connectivity index is 1.82. The molecule has 0 radical (unpaired) electrons. The number of carbonyl (C=O) groups excluding carboxylic acids is 1. The number of esters is 1. The van der Waals surface area contributed by atoms with Crippen molar-refractivity contribution in [2.45, 2.75) is 166 Å². The Labute approximate surface area is 271 Å². The number of unbranched alkanes of at least 4 members (excludes halogenated alkanes) is 9. The van der Waals surface area contributed by atoms with Crippen LogP contribution in [0.4, 0.5) is 22.0 Å². The van der Waals surface area contributed by atoms with Crippen molar-refractivity contribution in [3.63, 3.8) is 0 Å². The topological polar surface area (TPSA) is 74.2 Å². The Morgan fingerprint density at radius 2 is 1.46 bits per heavy atom. The third-order valence-electron chi connectivity index (χ3n) is 8.43. The number of aliphatic hydroxyl groups is 1. The fourth-order valence-corrected chi connectivity index (χ4v) is 5.66. The number of ether oxygens (including phenoxy) is 4. The first kappa shape index (κ1) is 40.2. The van der Waals surface area contributed by atoms with Crippen molar-refractivity contribution in [1.29, 1.82) is 0 Å². The van der Waals surface area contributed by atoms with E-state index >= 15 is 0 Å². The Kier molecular flexibility index (Phi) is 19.1. The highest BCUT2D eigenvalue weighted by atomic mass is 19.4.